The van der Waals surface area contributed by atoms with Gasteiger partial charge in [-0.25, -0.2) is 0 Å². The Hall–Kier alpha value is -2.10. The summed E-state index contributed by atoms with van der Waals surface area (Å²) in [5, 5.41) is 4.10. The number of ketones is 1. The fourth-order valence-electron chi connectivity index (χ4n) is 1.70. The van der Waals surface area contributed by atoms with Crippen LogP contribution in [0.15, 0.2) is 36.7 Å². The van der Waals surface area contributed by atoms with Crippen molar-refractivity contribution in [3.05, 3.63) is 47.8 Å². The van der Waals surface area contributed by atoms with Gasteiger partial charge in [-0.3, -0.25) is 9.48 Å². The van der Waals surface area contributed by atoms with E-state index in [1.807, 2.05) is 32.2 Å². The van der Waals surface area contributed by atoms with Gasteiger partial charge in [0.05, 0.1) is 12.8 Å². The second-order valence-electron chi connectivity index (χ2n) is 4.10. The largest absolute Gasteiger partial charge is 0.494 e. The Morgan fingerprint density at radius 2 is 2.06 bits per heavy atom. The highest BCUT2D eigenvalue weighted by Crippen LogP contribution is 2.13. The van der Waals surface area contributed by atoms with Crippen molar-refractivity contribution in [2.45, 2.75) is 20.4 Å². The molecular formula is C14H16N2O2. The lowest BCUT2D eigenvalue weighted by Gasteiger charge is -2.04. The van der Waals surface area contributed by atoms with Gasteiger partial charge in [0.2, 0.25) is 0 Å². The number of rotatable bonds is 5. The molecule has 0 aliphatic heterocycles. The number of benzene rings is 1. The third-order valence-corrected chi connectivity index (χ3v) is 2.56. The van der Waals surface area contributed by atoms with Gasteiger partial charge >= 0.3 is 0 Å². The summed E-state index contributed by atoms with van der Waals surface area (Å²) in [6.07, 6.45) is 3.60. The molecule has 2 aromatic rings. The average molecular weight is 244 g/mol. The minimum absolute atomic E-state index is 0.0427. The van der Waals surface area contributed by atoms with Crippen LogP contribution in [0.25, 0.3) is 0 Å². The highest BCUT2D eigenvalue weighted by Gasteiger charge is 2.07. The monoisotopic (exact) mass is 244 g/mol. The molecule has 0 amide bonds. The quantitative estimate of drug-likeness (QED) is 0.759. The zero-order valence-electron chi connectivity index (χ0n) is 10.6. The summed E-state index contributed by atoms with van der Waals surface area (Å²) in [6.45, 7) is 4.77. The number of carbonyl (C=O) groups excluding carboxylic acids is 1. The van der Waals surface area contributed by atoms with Gasteiger partial charge in [-0.05, 0) is 43.7 Å². The minimum atomic E-state index is 0.0427. The van der Waals surface area contributed by atoms with Gasteiger partial charge in [0, 0.05) is 11.8 Å². The van der Waals surface area contributed by atoms with Crippen molar-refractivity contribution in [1.82, 2.24) is 9.78 Å². The van der Waals surface area contributed by atoms with Gasteiger partial charge in [0.25, 0.3) is 0 Å². The Labute approximate surface area is 106 Å². The molecule has 1 aromatic carbocycles. The number of carbonyl (C=O) groups is 1. The van der Waals surface area contributed by atoms with Crippen molar-refractivity contribution in [1.29, 1.82) is 0 Å². The second-order valence-corrected chi connectivity index (χ2v) is 4.10. The van der Waals surface area contributed by atoms with Crippen LogP contribution in [0.1, 0.15) is 22.8 Å². The van der Waals surface area contributed by atoms with E-state index < -0.39 is 0 Å². The molecule has 94 valence electrons. The van der Waals surface area contributed by atoms with Gasteiger partial charge in [-0.2, -0.15) is 5.10 Å². The lowest BCUT2D eigenvalue weighted by molar-refractivity contribution is 0.0967. The van der Waals surface area contributed by atoms with E-state index in [9.17, 15) is 4.79 Å². The van der Waals surface area contributed by atoms with Gasteiger partial charge in [-0.1, -0.05) is 0 Å². The number of aryl methyl sites for hydroxylation is 1. The Kier molecular flexibility index (Phi) is 3.77. The first-order valence-electron chi connectivity index (χ1n) is 5.94. The molecular weight excluding hydrogens is 228 g/mol. The maximum Gasteiger partial charge on any atom is 0.184 e. The molecule has 0 saturated heterocycles. The number of hydrogen-bond acceptors (Lipinski definition) is 3. The summed E-state index contributed by atoms with van der Waals surface area (Å²) in [5.41, 5.74) is 1.72. The fraction of sp³-hybridized carbons (Fsp3) is 0.286. The maximum absolute atomic E-state index is 12.0. The van der Waals surface area contributed by atoms with Crippen LogP contribution in [0.5, 0.6) is 5.75 Å². The molecule has 0 N–H and O–H groups in total. The smallest absolute Gasteiger partial charge is 0.184 e. The number of nitrogens with zero attached hydrogens (tertiary/aromatic N) is 2. The first-order chi connectivity index (χ1) is 8.69. The molecule has 0 aliphatic carbocycles. The van der Waals surface area contributed by atoms with Crippen molar-refractivity contribution in [3.63, 3.8) is 0 Å². The zero-order chi connectivity index (χ0) is 13.0. The Morgan fingerprint density at radius 3 is 2.61 bits per heavy atom. The molecule has 0 unspecified atom stereocenters. The van der Waals surface area contributed by atoms with E-state index in [-0.39, 0.29) is 12.3 Å². The second kappa shape index (κ2) is 5.49. The third kappa shape index (κ3) is 2.97. The predicted molar refractivity (Wildman–Crippen MR) is 68.9 cm³/mol. The SMILES string of the molecule is CCOc1ccc(C(=O)Cn2cc(C)cn2)cc1. The average Bonchev–Trinajstić information content (AvgIpc) is 2.76. The van der Waals surface area contributed by atoms with Crippen LogP contribution in [-0.4, -0.2) is 22.2 Å². The molecule has 18 heavy (non-hydrogen) atoms. The van der Waals surface area contributed by atoms with Gasteiger partial charge < -0.3 is 4.74 Å². The lowest BCUT2D eigenvalue weighted by Crippen LogP contribution is -2.10. The van der Waals surface area contributed by atoms with Crippen molar-refractivity contribution in [3.8, 4) is 5.75 Å². The maximum atomic E-state index is 12.0. The Morgan fingerprint density at radius 1 is 1.33 bits per heavy atom. The Balaban J connectivity index is 2.04. The molecule has 4 nitrogen and oxygen atoms in total. The topological polar surface area (TPSA) is 44.1 Å². The molecule has 2 rings (SSSR count). The molecule has 0 bridgehead atoms. The highest BCUT2D eigenvalue weighted by molar-refractivity contribution is 5.95. The van der Waals surface area contributed by atoms with Crippen LogP contribution < -0.4 is 4.74 Å². The van der Waals surface area contributed by atoms with Crippen LogP contribution in [0.3, 0.4) is 0 Å². The molecule has 0 atom stereocenters. The standard InChI is InChI=1S/C14H16N2O2/c1-3-18-13-6-4-12(5-7-13)14(17)10-16-9-11(2)8-15-16/h4-9H,3,10H2,1-2H3. The van der Waals surface area contributed by atoms with Crippen LogP contribution >= 0.6 is 0 Å². The summed E-state index contributed by atoms with van der Waals surface area (Å²) in [5.74, 6) is 0.824. The molecule has 4 heteroatoms. The van der Waals surface area contributed by atoms with E-state index in [2.05, 4.69) is 5.10 Å². The molecule has 0 spiro atoms. The predicted octanol–water partition coefficient (Wildman–Crippen LogP) is 2.47. The summed E-state index contributed by atoms with van der Waals surface area (Å²) < 4.78 is 6.98. The third-order valence-electron chi connectivity index (χ3n) is 2.56. The van der Waals surface area contributed by atoms with E-state index in [0.29, 0.717) is 12.2 Å². The van der Waals surface area contributed by atoms with Crippen LogP contribution in [0.4, 0.5) is 0 Å². The van der Waals surface area contributed by atoms with E-state index in [1.165, 1.54) is 0 Å². The summed E-state index contributed by atoms with van der Waals surface area (Å²) >= 11 is 0. The normalized spacial score (nSPS) is 10.3. The summed E-state index contributed by atoms with van der Waals surface area (Å²) in [4.78, 5) is 12.0. The number of ether oxygens (including phenoxy) is 1. The minimum Gasteiger partial charge on any atom is -0.494 e. The molecule has 0 fully saturated rings. The Bertz CT molecular complexity index is 529. The molecule has 0 saturated carbocycles. The van der Waals surface area contributed by atoms with E-state index in [4.69, 9.17) is 4.74 Å². The van der Waals surface area contributed by atoms with E-state index in [0.717, 1.165) is 11.3 Å². The molecule has 0 aliphatic rings. The van der Waals surface area contributed by atoms with Crippen molar-refractivity contribution >= 4 is 5.78 Å². The summed E-state index contributed by atoms with van der Waals surface area (Å²) in [7, 11) is 0. The van der Waals surface area contributed by atoms with Gasteiger partial charge in [-0.15, -0.1) is 0 Å². The number of Topliss-reactive ketones (excluding diaryl/α,β-unsaturated/α-hetero) is 1. The first kappa shape index (κ1) is 12.4. The molecule has 0 radical (unpaired) electrons. The highest BCUT2D eigenvalue weighted by atomic mass is 16.5. The summed E-state index contributed by atoms with van der Waals surface area (Å²) in [6, 6.07) is 7.18. The van der Waals surface area contributed by atoms with Crippen molar-refractivity contribution in [2.75, 3.05) is 6.61 Å². The van der Waals surface area contributed by atoms with Crippen LogP contribution in [0.2, 0.25) is 0 Å². The van der Waals surface area contributed by atoms with Gasteiger partial charge in [0.1, 0.15) is 12.3 Å². The van der Waals surface area contributed by atoms with E-state index >= 15 is 0 Å². The molecule has 1 aromatic heterocycles. The van der Waals surface area contributed by atoms with Crippen LogP contribution in [-0.2, 0) is 6.54 Å². The van der Waals surface area contributed by atoms with Crippen LogP contribution in [0, 0.1) is 6.92 Å². The molecule has 1 heterocycles. The van der Waals surface area contributed by atoms with Gasteiger partial charge in [0.15, 0.2) is 5.78 Å². The number of hydrogen-bond donors (Lipinski definition) is 0. The van der Waals surface area contributed by atoms with Crippen molar-refractivity contribution < 1.29 is 9.53 Å². The zero-order valence-corrected chi connectivity index (χ0v) is 10.6. The van der Waals surface area contributed by atoms with E-state index in [1.54, 1.807) is 23.0 Å². The number of aromatic nitrogens is 2. The fourth-order valence-corrected chi connectivity index (χ4v) is 1.70. The lowest BCUT2D eigenvalue weighted by atomic mass is 10.1. The van der Waals surface area contributed by atoms with Crippen molar-refractivity contribution in [2.24, 2.45) is 0 Å². The first-order valence-corrected chi connectivity index (χ1v) is 5.94.